The highest BCUT2D eigenvalue weighted by atomic mass is 79.9. The maximum atomic E-state index is 12.3. The van der Waals surface area contributed by atoms with E-state index in [-0.39, 0.29) is 11.4 Å². The molecule has 0 radical (unpaired) electrons. The van der Waals surface area contributed by atoms with Crippen LogP contribution in [0, 0.1) is 10.1 Å². The second-order valence-corrected chi connectivity index (χ2v) is 4.10. The van der Waals surface area contributed by atoms with Gasteiger partial charge in [0, 0.05) is 10.5 Å². The molecule has 1 aromatic rings. The number of nitrogens with one attached hydrogen (secondary N) is 1. The number of nitro benzene ring substituents is 1. The molecule has 0 heterocycles. The molecule has 7 heteroatoms. The van der Waals surface area contributed by atoms with E-state index < -0.39 is 17.4 Å². The highest BCUT2D eigenvalue weighted by molar-refractivity contribution is 9.10. The maximum Gasteiger partial charge on any atom is 0.293 e. The molecule has 1 unspecified atom stereocenters. The van der Waals surface area contributed by atoms with Gasteiger partial charge in [0.1, 0.15) is 5.69 Å². The van der Waals surface area contributed by atoms with Crippen LogP contribution in [0.15, 0.2) is 22.7 Å². The van der Waals surface area contributed by atoms with Crippen LogP contribution in [0.5, 0.6) is 0 Å². The van der Waals surface area contributed by atoms with Gasteiger partial charge >= 0.3 is 0 Å². The Bertz CT molecular complexity index is 401. The number of nitrogens with zero attached hydrogens (tertiary/aromatic N) is 1. The van der Waals surface area contributed by atoms with Crippen molar-refractivity contribution in [1.29, 1.82) is 0 Å². The Kier molecular flexibility index (Phi) is 4.17. The molecular weight excluding hydrogens is 286 g/mol. The lowest BCUT2D eigenvalue weighted by molar-refractivity contribution is -0.384. The Morgan fingerprint density at radius 2 is 2.12 bits per heavy atom. The molecular formula is C9H9BrF2N2O2. The summed E-state index contributed by atoms with van der Waals surface area (Å²) in [6.45, 7) is 1.26. The molecule has 1 N–H and O–H groups in total. The Balaban J connectivity index is 2.99. The van der Waals surface area contributed by atoms with Crippen molar-refractivity contribution in [3.8, 4) is 0 Å². The lowest BCUT2D eigenvalue weighted by Gasteiger charge is -2.14. The van der Waals surface area contributed by atoms with Crippen molar-refractivity contribution in [3.05, 3.63) is 32.8 Å². The molecule has 0 bridgehead atoms. The fourth-order valence-electron chi connectivity index (χ4n) is 1.09. The molecule has 0 aliphatic carbocycles. The summed E-state index contributed by atoms with van der Waals surface area (Å²) >= 11 is 3.08. The van der Waals surface area contributed by atoms with Crippen LogP contribution in [-0.4, -0.2) is 17.4 Å². The number of halogens is 3. The Morgan fingerprint density at radius 3 is 2.62 bits per heavy atom. The first-order chi connectivity index (χ1) is 7.41. The average Bonchev–Trinajstić information content (AvgIpc) is 2.20. The van der Waals surface area contributed by atoms with Crippen LogP contribution in [0.4, 0.5) is 20.2 Å². The molecule has 0 aliphatic rings. The summed E-state index contributed by atoms with van der Waals surface area (Å²) in [6, 6.07) is 3.06. The van der Waals surface area contributed by atoms with E-state index in [2.05, 4.69) is 21.2 Å². The quantitative estimate of drug-likeness (QED) is 0.684. The molecule has 0 amide bonds. The van der Waals surface area contributed by atoms with E-state index in [1.165, 1.54) is 19.1 Å². The lowest BCUT2D eigenvalue weighted by Crippen LogP contribution is -2.24. The van der Waals surface area contributed by atoms with Gasteiger partial charge < -0.3 is 5.32 Å². The summed E-state index contributed by atoms with van der Waals surface area (Å²) < 4.78 is 25.1. The number of alkyl halides is 2. The fourth-order valence-corrected chi connectivity index (χ4v) is 1.44. The van der Waals surface area contributed by atoms with Crippen molar-refractivity contribution in [1.82, 2.24) is 0 Å². The van der Waals surface area contributed by atoms with E-state index in [4.69, 9.17) is 0 Å². The van der Waals surface area contributed by atoms with Crippen molar-refractivity contribution < 1.29 is 13.7 Å². The smallest absolute Gasteiger partial charge is 0.293 e. The summed E-state index contributed by atoms with van der Waals surface area (Å²) in [7, 11) is 0. The van der Waals surface area contributed by atoms with Gasteiger partial charge in [0.25, 0.3) is 12.1 Å². The summed E-state index contributed by atoms with van der Waals surface area (Å²) in [4.78, 5) is 10.1. The van der Waals surface area contributed by atoms with Gasteiger partial charge in [0.15, 0.2) is 0 Å². The first kappa shape index (κ1) is 12.8. The van der Waals surface area contributed by atoms with Gasteiger partial charge in [0.2, 0.25) is 0 Å². The predicted molar refractivity (Wildman–Crippen MR) is 59.9 cm³/mol. The monoisotopic (exact) mass is 294 g/mol. The van der Waals surface area contributed by atoms with Crippen molar-refractivity contribution in [2.24, 2.45) is 0 Å². The second kappa shape index (κ2) is 5.20. The van der Waals surface area contributed by atoms with Crippen molar-refractivity contribution >= 4 is 27.3 Å². The van der Waals surface area contributed by atoms with Crippen LogP contribution >= 0.6 is 15.9 Å². The van der Waals surface area contributed by atoms with E-state index >= 15 is 0 Å². The van der Waals surface area contributed by atoms with E-state index in [1.54, 1.807) is 6.07 Å². The Labute approximate surface area is 98.9 Å². The largest absolute Gasteiger partial charge is 0.371 e. The topological polar surface area (TPSA) is 55.2 Å². The molecule has 0 fully saturated rings. The number of hydrogen-bond donors (Lipinski definition) is 1. The third kappa shape index (κ3) is 3.13. The zero-order valence-electron chi connectivity index (χ0n) is 8.28. The molecule has 0 saturated heterocycles. The number of benzene rings is 1. The lowest BCUT2D eigenvalue weighted by atomic mass is 10.2. The van der Waals surface area contributed by atoms with Crippen LogP contribution in [-0.2, 0) is 0 Å². The van der Waals surface area contributed by atoms with Crippen molar-refractivity contribution in [3.63, 3.8) is 0 Å². The van der Waals surface area contributed by atoms with Crippen LogP contribution in [0.3, 0.4) is 0 Å². The second-order valence-electron chi connectivity index (χ2n) is 3.19. The zero-order chi connectivity index (χ0) is 12.3. The molecule has 0 aliphatic heterocycles. The number of hydrogen-bond acceptors (Lipinski definition) is 3. The van der Waals surface area contributed by atoms with Crippen molar-refractivity contribution in [2.75, 3.05) is 5.32 Å². The van der Waals surface area contributed by atoms with Crippen LogP contribution in [0.2, 0.25) is 0 Å². The summed E-state index contributed by atoms with van der Waals surface area (Å²) in [5, 5.41) is 13.1. The molecule has 16 heavy (non-hydrogen) atoms. The first-order valence-electron chi connectivity index (χ1n) is 4.40. The van der Waals surface area contributed by atoms with E-state index in [0.29, 0.717) is 4.47 Å². The van der Waals surface area contributed by atoms with Crippen LogP contribution in [0.1, 0.15) is 6.92 Å². The van der Waals surface area contributed by atoms with Crippen molar-refractivity contribution in [2.45, 2.75) is 19.4 Å². The fraction of sp³-hybridized carbons (Fsp3) is 0.333. The molecule has 1 aromatic carbocycles. The normalized spacial score (nSPS) is 12.6. The zero-order valence-corrected chi connectivity index (χ0v) is 9.87. The Hall–Kier alpha value is -1.24. The van der Waals surface area contributed by atoms with E-state index in [0.717, 1.165) is 0 Å². The summed E-state index contributed by atoms with van der Waals surface area (Å²) in [5.74, 6) is 0. The molecule has 88 valence electrons. The minimum atomic E-state index is -2.58. The maximum absolute atomic E-state index is 12.3. The number of anilines is 1. The summed E-state index contributed by atoms with van der Waals surface area (Å²) in [6.07, 6.45) is -2.58. The number of nitro groups is 1. The molecule has 0 saturated carbocycles. The number of rotatable bonds is 4. The van der Waals surface area contributed by atoms with Gasteiger partial charge in [-0.1, -0.05) is 15.9 Å². The van der Waals surface area contributed by atoms with Crippen LogP contribution in [0.25, 0.3) is 0 Å². The van der Waals surface area contributed by atoms with Crippen LogP contribution < -0.4 is 5.32 Å². The van der Waals surface area contributed by atoms with Gasteiger partial charge in [-0.3, -0.25) is 10.1 Å². The van der Waals surface area contributed by atoms with E-state index in [1.807, 2.05) is 0 Å². The molecule has 0 aromatic heterocycles. The van der Waals surface area contributed by atoms with Gasteiger partial charge in [-0.05, 0) is 19.1 Å². The molecule has 1 atom stereocenters. The summed E-state index contributed by atoms with van der Waals surface area (Å²) in [5.41, 5.74) is -0.150. The van der Waals surface area contributed by atoms with Gasteiger partial charge in [-0.15, -0.1) is 0 Å². The Morgan fingerprint density at radius 1 is 1.50 bits per heavy atom. The average molecular weight is 295 g/mol. The highest BCUT2D eigenvalue weighted by Crippen LogP contribution is 2.28. The minimum Gasteiger partial charge on any atom is -0.371 e. The van der Waals surface area contributed by atoms with Gasteiger partial charge in [0.05, 0.1) is 11.0 Å². The van der Waals surface area contributed by atoms with Gasteiger partial charge in [-0.2, -0.15) is 0 Å². The van der Waals surface area contributed by atoms with E-state index in [9.17, 15) is 18.9 Å². The molecule has 1 rings (SSSR count). The first-order valence-corrected chi connectivity index (χ1v) is 5.19. The predicted octanol–water partition coefficient (Wildman–Crippen LogP) is 3.42. The minimum absolute atomic E-state index is 0.0843. The molecule has 0 spiro atoms. The molecule has 4 nitrogen and oxygen atoms in total. The standard InChI is InChI=1S/C9H9BrF2N2O2/c1-5(9(11)12)13-7-3-2-6(10)4-8(7)14(15)16/h2-5,9,13H,1H3. The third-order valence-electron chi connectivity index (χ3n) is 1.92. The van der Waals surface area contributed by atoms with Gasteiger partial charge in [-0.25, -0.2) is 8.78 Å². The third-order valence-corrected chi connectivity index (χ3v) is 2.41. The SMILES string of the molecule is CC(Nc1ccc(Br)cc1[N+](=O)[O-])C(F)F. The highest BCUT2D eigenvalue weighted by Gasteiger charge is 2.20.